The van der Waals surface area contributed by atoms with Crippen molar-refractivity contribution in [1.29, 1.82) is 0 Å². The monoisotopic (exact) mass is 213 g/mol. The van der Waals surface area contributed by atoms with Crippen LogP contribution in [0.5, 0.6) is 0 Å². The van der Waals surface area contributed by atoms with E-state index in [1.165, 1.54) is 0 Å². The molecule has 2 N–H and O–H groups in total. The Labute approximate surface area is 90.0 Å². The van der Waals surface area contributed by atoms with Crippen LogP contribution in [0.3, 0.4) is 0 Å². The van der Waals surface area contributed by atoms with Crippen LogP contribution < -0.4 is 5.32 Å². The molecule has 0 aromatic heterocycles. The average molecular weight is 213 g/mol. The summed E-state index contributed by atoms with van der Waals surface area (Å²) in [6, 6.07) is -0.108. The molecule has 4 atom stereocenters. The van der Waals surface area contributed by atoms with Crippen LogP contribution in [0.4, 0.5) is 4.79 Å². The summed E-state index contributed by atoms with van der Waals surface area (Å²) >= 11 is 0. The van der Waals surface area contributed by atoms with E-state index in [-0.39, 0.29) is 12.1 Å². The summed E-state index contributed by atoms with van der Waals surface area (Å²) in [5.41, 5.74) is -0.476. The van der Waals surface area contributed by atoms with E-state index < -0.39 is 11.7 Å². The second-order valence-electron chi connectivity index (χ2n) is 5.64. The van der Waals surface area contributed by atoms with Gasteiger partial charge in [-0.1, -0.05) is 0 Å². The van der Waals surface area contributed by atoms with Crippen LogP contribution in [0.2, 0.25) is 0 Å². The number of rotatable bonds is 1. The molecule has 2 aliphatic rings. The maximum atomic E-state index is 11.4. The van der Waals surface area contributed by atoms with Crippen molar-refractivity contribution < 1.29 is 14.6 Å². The van der Waals surface area contributed by atoms with Crippen molar-refractivity contribution in [3.8, 4) is 0 Å². The molecule has 0 saturated heterocycles. The summed E-state index contributed by atoms with van der Waals surface area (Å²) in [7, 11) is 0. The lowest BCUT2D eigenvalue weighted by Gasteiger charge is -2.24. The Balaban J connectivity index is 1.80. The van der Waals surface area contributed by atoms with E-state index in [0.29, 0.717) is 11.8 Å². The molecular weight excluding hydrogens is 194 g/mol. The van der Waals surface area contributed by atoms with Crippen LogP contribution in [-0.4, -0.2) is 28.9 Å². The molecular formula is C11H19NO3. The van der Waals surface area contributed by atoms with E-state index in [9.17, 15) is 9.90 Å². The maximum absolute atomic E-state index is 11.4. The minimum atomic E-state index is -0.476. The standard InChI is InChI=1S/C11H19NO3/c1-11(2,3)15-10(14)12-8-5-6-4-7(6)9(8)13/h6-9,13H,4-5H2,1-3H3,(H,12,14)/t6?,7-,8+,9-/m1/s1. The van der Waals surface area contributed by atoms with Gasteiger partial charge >= 0.3 is 6.09 Å². The Kier molecular flexibility index (Phi) is 2.41. The lowest BCUT2D eigenvalue weighted by atomic mass is 10.1. The van der Waals surface area contributed by atoms with Gasteiger partial charge in [0.15, 0.2) is 0 Å². The van der Waals surface area contributed by atoms with Gasteiger partial charge in [-0.15, -0.1) is 0 Å². The normalized spacial score (nSPS) is 38.4. The van der Waals surface area contributed by atoms with Gasteiger partial charge in [0.25, 0.3) is 0 Å². The van der Waals surface area contributed by atoms with Gasteiger partial charge in [0.2, 0.25) is 0 Å². The molecule has 2 aliphatic carbocycles. The summed E-state index contributed by atoms with van der Waals surface area (Å²) in [5.74, 6) is 1.05. The fourth-order valence-corrected chi connectivity index (χ4v) is 2.33. The number of alkyl carbamates (subject to hydrolysis) is 1. The lowest BCUT2D eigenvalue weighted by Crippen LogP contribution is -2.44. The van der Waals surface area contributed by atoms with Crippen LogP contribution in [0, 0.1) is 11.8 Å². The van der Waals surface area contributed by atoms with Crippen molar-refractivity contribution in [3.63, 3.8) is 0 Å². The molecule has 1 amide bonds. The molecule has 15 heavy (non-hydrogen) atoms. The maximum Gasteiger partial charge on any atom is 0.407 e. The van der Waals surface area contributed by atoms with Crippen molar-refractivity contribution in [3.05, 3.63) is 0 Å². The van der Waals surface area contributed by atoms with Crippen molar-refractivity contribution in [2.45, 2.75) is 51.4 Å². The molecule has 4 nitrogen and oxygen atoms in total. The average Bonchev–Trinajstić information content (AvgIpc) is 2.72. The fraction of sp³-hybridized carbons (Fsp3) is 0.909. The van der Waals surface area contributed by atoms with E-state index in [1.807, 2.05) is 20.8 Å². The second kappa shape index (κ2) is 3.37. The first-order valence-electron chi connectivity index (χ1n) is 5.54. The number of carbonyl (C=O) groups is 1. The number of fused-ring (bicyclic) bond motifs is 1. The Morgan fingerprint density at radius 2 is 2.07 bits per heavy atom. The molecule has 2 rings (SSSR count). The number of aliphatic hydroxyl groups is 1. The van der Waals surface area contributed by atoms with Crippen LogP contribution in [0.25, 0.3) is 0 Å². The van der Waals surface area contributed by atoms with E-state index in [4.69, 9.17) is 4.74 Å². The first-order chi connectivity index (χ1) is 6.87. The number of amides is 1. The summed E-state index contributed by atoms with van der Waals surface area (Å²) in [5, 5.41) is 12.5. The number of hydrogen-bond acceptors (Lipinski definition) is 3. The third-order valence-corrected chi connectivity index (χ3v) is 3.09. The molecule has 0 aromatic carbocycles. The minimum absolute atomic E-state index is 0.108. The van der Waals surface area contributed by atoms with Crippen molar-refractivity contribution in [2.24, 2.45) is 11.8 Å². The van der Waals surface area contributed by atoms with Crippen molar-refractivity contribution in [1.82, 2.24) is 5.32 Å². The quantitative estimate of drug-likeness (QED) is 0.690. The predicted molar refractivity (Wildman–Crippen MR) is 55.4 cm³/mol. The van der Waals surface area contributed by atoms with Crippen molar-refractivity contribution in [2.75, 3.05) is 0 Å². The van der Waals surface area contributed by atoms with E-state index in [0.717, 1.165) is 12.8 Å². The van der Waals surface area contributed by atoms with Gasteiger partial charge in [-0.2, -0.15) is 0 Å². The molecule has 4 heteroatoms. The van der Waals surface area contributed by atoms with Gasteiger partial charge in [0.1, 0.15) is 5.60 Å². The summed E-state index contributed by atoms with van der Waals surface area (Å²) in [4.78, 5) is 11.4. The largest absolute Gasteiger partial charge is 0.444 e. The Bertz CT molecular complexity index is 271. The molecule has 0 radical (unpaired) electrons. The van der Waals surface area contributed by atoms with Gasteiger partial charge in [-0.25, -0.2) is 4.79 Å². The molecule has 86 valence electrons. The van der Waals surface area contributed by atoms with Crippen LogP contribution in [0.1, 0.15) is 33.6 Å². The molecule has 0 spiro atoms. The highest BCUT2D eigenvalue weighted by molar-refractivity contribution is 5.68. The smallest absolute Gasteiger partial charge is 0.407 e. The number of aliphatic hydroxyl groups excluding tert-OH is 1. The zero-order valence-electron chi connectivity index (χ0n) is 9.49. The summed E-state index contributed by atoms with van der Waals surface area (Å²) < 4.78 is 5.14. The van der Waals surface area contributed by atoms with E-state index in [1.54, 1.807) is 0 Å². The van der Waals surface area contributed by atoms with Gasteiger partial charge in [0, 0.05) is 0 Å². The topological polar surface area (TPSA) is 58.6 Å². The molecule has 1 unspecified atom stereocenters. The molecule has 0 heterocycles. The van der Waals surface area contributed by atoms with Crippen LogP contribution in [0.15, 0.2) is 0 Å². The molecule has 0 aliphatic heterocycles. The number of carbonyl (C=O) groups excluding carboxylic acids is 1. The van der Waals surface area contributed by atoms with E-state index >= 15 is 0 Å². The summed E-state index contributed by atoms with van der Waals surface area (Å²) in [6.07, 6.45) is 1.22. The summed E-state index contributed by atoms with van der Waals surface area (Å²) in [6.45, 7) is 5.49. The van der Waals surface area contributed by atoms with Gasteiger partial charge in [0.05, 0.1) is 12.1 Å². The highest BCUT2D eigenvalue weighted by Crippen LogP contribution is 2.51. The lowest BCUT2D eigenvalue weighted by molar-refractivity contribution is 0.0428. The van der Waals surface area contributed by atoms with Gasteiger partial charge < -0.3 is 15.2 Å². The Hall–Kier alpha value is -0.770. The zero-order valence-corrected chi connectivity index (χ0v) is 9.49. The minimum Gasteiger partial charge on any atom is -0.444 e. The molecule has 0 aromatic rings. The second-order valence-corrected chi connectivity index (χ2v) is 5.64. The molecule has 2 saturated carbocycles. The first-order valence-corrected chi connectivity index (χ1v) is 5.54. The zero-order chi connectivity index (χ0) is 11.2. The van der Waals surface area contributed by atoms with Crippen LogP contribution >= 0.6 is 0 Å². The van der Waals surface area contributed by atoms with Crippen LogP contribution in [-0.2, 0) is 4.74 Å². The van der Waals surface area contributed by atoms with Gasteiger partial charge in [-0.05, 0) is 45.4 Å². The SMILES string of the molecule is CC(C)(C)OC(=O)N[C@H]1CC2C[C@H]2[C@H]1O. The molecule has 0 bridgehead atoms. The van der Waals surface area contributed by atoms with Crippen molar-refractivity contribution >= 4 is 6.09 Å². The first kappa shape index (κ1) is 10.7. The highest BCUT2D eigenvalue weighted by Gasteiger charge is 2.53. The highest BCUT2D eigenvalue weighted by atomic mass is 16.6. The number of nitrogens with one attached hydrogen (secondary N) is 1. The number of ether oxygens (including phenoxy) is 1. The van der Waals surface area contributed by atoms with Gasteiger partial charge in [-0.3, -0.25) is 0 Å². The fourth-order valence-electron chi connectivity index (χ4n) is 2.33. The third-order valence-electron chi connectivity index (χ3n) is 3.09. The third kappa shape index (κ3) is 2.43. The Morgan fingerprint density at radius 3 is 2.53 bits per heavy atom. The van der Waals surface area contributed by atoms with E-state index in [2.05, 4.69) is 5.32 Å². The molecule has 2 fully saturated rings. The number of hydrogen-bond donors (Lipinski definition) is 2. The Morgan fingerprint density at radius 1 is 1.40 bits per heavy atom. The predicted octanol–water partition coefficient (Wildman–Crippen LogP) is 1.28.